The normalized spacial score (nSPS) is 14.6. The van der Waals surface area contributed by atoms with Crippen LogP contribution >= 0.6 is 0 Å². The second-order valence-electron chi connectivity index (χ2n) is 7.12. The van der Waals surface area contributed by atoms with Gasteiger partial charge in [-0.3, -0.25) is 4.79 Å². The van der Waals surface area contributed by atoms with Crippen molar-refractivity contribution < 1.29 is 9.53 Å². The molecule has 1 atom stereocenters. The van der Waals surface area contributed by atoms with E-state index < -0.39 is 6.10 Å². The summed E-state index contributed by atoms with van der Waals surface area (Å²) in [6.07, 6.45) is 4.03. The molecule has 3 nitrogen and oxygen atoms in total. The lowest BCUT2D eigenvalue weighted by Gasteiger charge is -2.22. The van der Waals surface area contributed by atoms with Crippen molar-refractivity contribution in [2.75, 3.05) is 5.32 Å². The summed E-state index contributed by atoms with van der Waals surface area (Å²) < 4.78 is 6.04. The highest BCUT2D eigenvalue weighted by atomic mass is 16.5. The lowest BCUT2D eigenvalue weighted by molar-refractivity contribution is -0.122. The van der Waals surface area contributed by atoms with Gasteiger partial charge in [0.1, 0.15) is 5.75 Å². The number of hydrogen-bond donors (Lipinski definition) is 1. The topological polar surface area (TPSA) is 38.3 Å². The second kappa shape index (κ2) is 7.30. The van der Waals surface area contributed by atoms with Crippen molar-refractivity contribution in [1.82, 2.24) is 0 Å². The molecule has 3 heteroatoms. The minimum absolute atomic E-state index is 0.108. The monoisotopic (exact) mass is 337 g/mol. The molecule has 0 saturated carbocycles. The van der Waals surface area contributed by atoms with E-state index in [1.165, 1.54) is 29.5 Å². The summed E-state index contributed by atoms with van der Waals surface area (Å²) in [5.41, 5.74) is 6.89. The Bertz CT molecular complexity index is 772. The third-order valence-corrected chi connectivity index (χ3v) is 4.95. The fraction of sp³-hybridized carbons (Fsp3) is 0.409. The summed E-state index contributed by atoms with van der Waals surface area (Å²) in [4.78, 5) is 12.6. The number of aryl methyl sites for hydroxylation is 4. The van der Waals surface area contributed by atoms with Gasteiger partial charge in [-0.05, 0) is 81.7 Å². The van der Waals surface area contributed by atoms with Crippen LogP contribution in [0.25, 0.3) is 0 Å². The number of fused-ring (bicyclic) bond motifs is 1. The molecule has 0 radical (unpaired) electrons. The van der Waals surface area contributed by atoms with E-state index in [0.29, 0.717) is 0 Å². The molecule has 0 saturated heterocycles. The van der Waals surface area contributed by atoms with Gasteiger partial charge in [0.05, 0.1) is 0 Å². The van der Waals surface area contributed by atoms with Gasteiger partial charge in [-0.1, -0.05) is 29.8 Å². The molecule has 0 aliphatic heterocycles. The van der Waals surface area contributed by atoms with Crippen LogP contribution in [0, 0.1) is 20.8 Å². The fourth-order valence-electron chi connectivity index (χ4n) is 3.70. The van der Waals surface area contributed by atoms with Crippen molar-refractivity contribution in [1.29, 1.82) is 0 Å². The average molecular weight is 337 g/mol. The molecule has 0 fully saturated rings. The van der Waals surface area contributed by atoms with E-state index in [1.54, 1.807) is 0 Å². The Hall–Kier alpha value is -2.29. The quantitative estimate of drug-likeness (QED) is 0.862. The van der Waals surface area contributed by atoms with Crippen LogP contribution in [0.4, 0.5) is 5.69 Å². The number of nitrogens with one attached hydrogen (secondary N) is 1. The van der Waals surface area contributed by atoms with Crippen molar-refractivity contribution in [3.8, 4) is 5.75 Å². The maximum atomic E-state index is 12.6. The average Bonchev–Trinajstić information content (AvgIpc) is 2.58. The zero-order chi connectivity index (χ0) is 18.0. The van der Waals surface area contributed by atoms with Crippen LogP contribution in [0.1, 0.15) is 47.6 Å². The van der Waals surface area contributed by atoms with Crippen LogP contribution in [0.5, 0.6) is 5.75 Å². The Kier molecular flexibility index (Phi) is 5.12. The summed E-state index contributed by atoms with van der Waals surface area (Å²) in [5.74, 6) is 0.751. The molecule has 1 N–H and O–H groups in total. The molecule has 2 aromatic rings. The van der Waals surface area contributed by atoms with Crippen molar-refractivity contribution in [2.45, 2.75) is 59.5 Å². The third-order valence-electron chi connectivity index (χ3n) is 4.95. The number of amides is 1. The first kappa shape index (κ1) is 17.5. The number of carbonyl (C=O) groups excluding carboxylic acids is 1. The van der Waals surface area contributed by atoms with Gasteiger partial charge in [0.15, 0.2) is 6.10 Å². The number of hydrogen-bond acceptors (Lipinski definition) is 2. The fourth-order valence-corrected chi connectivity index (χ4v) is 3.70. The molecule has 0 heterocycles. The molecular weight excluding hydrogens is 310 g/mol. The van der Waals surface area contributed by atoms with Crippen LogP contribution in [-0.4, -0.2) is 12.0 Å². The maximum Gasteiger partial charge on any atom is 0.265 e. The zero-order valence-electron chi connectivity index (χ0n) is 15.6. The lowest BCUT2D eigenvalue weighted by atomic mass is 9.91. The maximum absolute atomic E-state index is 12.6. The van der Waals surface area contributed by atoms with E-state index in [0.717, 1.165) is 35.4 Å². The first-order valence-electron chi connectivity index (χ1n) is 9.12. The molecule has 1 amide bonds. The molecule has 0 spiro atoms. The Morgan fingerprint density at radius 3 is 2.48 bits per heavy atom. The number of anilines is 1. The van der Waals surface area contributed by atoms with Gasteiger partial charge in [0.2, 0.25) is 0 Å². The summed E-state index contributed by atoms with van der Waals surface area (Å²) in [5, 5.41) is 3.04. The van der Waals surface area contributed by atoms with Crippen molar-refractivity contribution in [2.24, 2.45) is 0 Å². The summed E-state index contributed by atoms with van der Waals surface area (Å²) in [7, 11) is 0. The largest absolute Gasteiger partial charge is 0.481 e. The van der Waals surface area contributed by atoms with Gasteiger partial charge in [-0.2, -0.15) is 0 Å². The number of benzene rings is 2. The van der Waals surface area contributed by atoms with Gasteiger partial charge < -0.3 is 10.1 Å². The van der Waals surface area contributed by atoms with E-state index in [2.05, 4.69) is 30.4 Å². The summed E-state index contributed by atoms with van der Waals surface area (Å²) in [6.45, 7) is 7.93. The van der Waals surface area contributed by atoms with E-state index in [9.17, 15) is 4.79 Å². The molecule has 0 bridgehead atoms. The predicted molar refractivity (Wildman–Crippen MR) is 102 cm³/mol. The smallest absolute Gasteiger partial charge is 0.265 e. The molecule has 25 heavy (non-hydrogen) atoms. The Morgan fingerprint density at radius 2 is 1.76 bits per heavy atom. The third kappa shape index (κ3) is 3.87. The highest BCUT2D eigenvalue weighted by Crippen LogP contribution is 2.30. The minimum Gasteiger partial charge on any atom is -0.481 e. The zero-order valence-corrected chi connectivity index (χ0v) is 15.6. The molecule has 1 aliphatic carbocycles. The van der Waals surface area contributed by atoms with Crippen LogP contribution in [0.15, 0.2) is 30.3 Å². The van der Waals surface area contributed by atoms with Crippen molar-refractivity contribution in [3.05, 3.63) is 58.1 Å². The van der Waals surface area contributed by atoms with Gasteiger partial charge in [0.25, 0.3) is 5.91 Å². The van der Waals surface area contributed by atoms with E-state index in [4.69, 9.17) is 4.74 Å². The molecule has 132 valence electrons. The Balaban J connectivity index is 1.74. The minimum atomic E-state index is -0.534. The van der Waals surface area contributed by atoms with Gasteiger partial charge in [0, 0.05) is 5.69 Å². The Morgan fingerprint density at radius 1 is 1.08 bits per heavy atom. The summed E-state index contributed by atoms with van der Waals surface area (Å²) in [6, 6.07) is 10.4. The van der Waals surface area contributed by atoms with Gasteiger partial charge in [-0.15, -0.1) is 0 Å². The van der Waals surface area contributed by atoms with Crippen LogP contribution in [0.3, 0.4) is 0 Å². The van der Waals surface area contributed by atoms with Crippen molar-refractivity contribution >= 4 is 11.6 Å². The first-order valence-corrected chi connectivity index (χ1v) is 9.12. The van der Waals surface area contributed by atoms with Crippen LogP contribution in [-0.2, 0) is 17.6 Å². The van der Waals surface area contributed by atoms with Gasteiger partial charge >= 0.3 is 0 Å². The first-order chi connectivity index (χ1) is 12.0. The standard InChI is InChI=1S/C22H27NO2/c1-14-12-15(2)21(16(3)13-14)23-22(24)17(4)25-20-11-7-9-18-8-5-6-10-19(18)20/h7,9,11-13,17H,5-6,8,10H2,1-4H3,(H,23,24). The molecule has 2 aromatic carbocycles. The van der Waals surface area contributed by atoms with Crippen molar-refractivity contribution in [3.63, 3.8) is 0 Å². The van der Waals surface area contributed by atoms with E-state index >= 15 is 0 Å². The van der Waals surface area contributed by atoms with E-state index in [1.807, 2.05) is 32.9 Å². The molecule has 1 aliphatic rings. The highest BCUT2D eigenvalue weighted by Gasteiger charge is 2.20. The number of rotatable bonds is 4. The number of carbonyl (C=O) groups is 1. The van der Waals surface area contributed by atoms with Crippen LogP contribution < -0.4 is 10.1 Å². The predicted octanol–water partition coefficient (Wildman–Crippen LogP) is 4.90. The highest BCUT2D eigenvalue weighted by molar-refractivity contribution is 5.95. The Labute approximate surface area is 150 Å². The molecular formula is C22H27NO2. The SMILES string of the molecule is Cc1cc(C)c(NC(=O)C(C)Oc2cccc3c2CCCC3)c(C)c1. The second-order valence-corrected chi connectivity index (χ2v) is 7.12. The molecule has 3 rings (SSSR count). The molecule has 1 unspecified atom stereocenters. The molecule has 0 aromatic heterocycles. The van der Waals surface area contributed by atoms with Gasteiger partial charge in [-0.25, -0.2) is 0 Å². The van der Waals surface area contributed by atoms with Crippen LogP contribution in [0.2, 0.25) is 0 Å². The van der Waals surface area contributed by atoms with E-state index in [-0.39, 0.29) is 5.91 Å². The number of ether oxygens (including phenoxy) is 1. The summed E-state index contributed by atoms with van der Waals surface area (Å²) >= 11 is 0. The lowest BCUT2D eigenvalue weighted by Crippen LogP contribution is -2.31.